The predicted molar refractivity (Wildman–Crippen MR) is 73.8 cm³/mol. The van der Waals surface area contributed by atoms with Crippen LogP contribution < -0.4 is 10.1 Å². The molecule has 6 heteroatoms. The van der Waals surface area contributed by atoms with Gasteiger partial charge in [-0.3, -0.25) is 14.5 Å². The number of ether oxygens (including phenoxy) is 1. The Hall–Kier alpha value is -2.08. The van der Waals surface area contributed by atoms with Crippen LogP contribution in [-0.2, 0) is 9.59 Å². The number of nitrogens with one attached hydrogen (secondary N) is 1. The number of methoxy groups -OCH3 is 1. The van der Waals surface area contributed by atoms with E-state index in [1.54, 1.807) is 19.2 Å². The zero-order chi connectivity index (χ0) is 14.5. The van der Waals surface area contributed by atoms with Crippen molar-refractivity contribution in [3.63, 3.8) is 0 Å². The average Bonchev–Trinajstić information content (AvgIpc) is 2.88. The molecule has 1 aliphatic heterocycles. The summed E-state index contributed by atoms with van der Waals surface area (Å²) in [5.41, 5.74) is 0.619. The second kappa shape index (κ2) is 6.38. The molecule has 1 heterocycles. The predicted octanol–water partition coefficient (Wildman–Crippen LogP) is 1.04. The molecule has 1 aromatic rings. The molecule has 20 heavy (non-hydrogen) atoms. The molecule has 108 valence electrons. The summed E-state index contributed by atoms with van der Waals surface area (Å²) in [5.74, 6) is -0.724. The molecule has 6 nitrogen and oxygen atoms in total. The molecule has 1 aliphatic rings. The third kappa shape index (κ3) is 3.48. The summed E-state index contributed by atoms with van der Waals surface area (Å²) in [6, 6.07) is 7.17. The molecule has 1 saturated heterocycles. The highest BCUT2D eigenvalue weighted by Gasteiger charge is 2.28. The second-order valence-corrected chi connectivity index (χ2v) is 4.81. The van der Waals surface area contributed by atoms with Gasteiger partial charge in [0.25, 0.3) is 0 Å². The highest BCUT2D eigenvalue weighted by atomic mass is 16.5. The highest BCUT2D eigenvalue weighted by Crippen LogP contribution is 2.23. The normalized spacial score (nSPS) is 18.8. The minimum Gasteiger partial charge on any atom is -0.495 e. The summed E-state index contributed by atoms with van der Waals surface area (Å²) in [5, 5.41) is 11.7. The zero-order valence-corrected chi connectivity index (χ0v) is 11.3. The second-order valence-electron chi connectivity index (χ2n) is 4.81. The molecule has 1 atom stereocenters. The van der Waals surface area contributed by atoms with Gasteiger partial charge in [0, 0.05) is 6.54 Å². The van der Waals surface area contributed by atoms with Crippen molar-refractivity contribution in [2.75, 3.05) is 32.1 Å². The molecule has 0 aromatic heterocycles. The third-order valence-corrected chi connectivity index (χ3v) is 3.37. The van der Waals surface area contributed by atoms with E-state index in [9.17, 15) is 9.59 Å². The van der Waals surface area contributed by atoms with E-state index in [-0.39, 0.29) is 18.4 Å². The Morgan fingerprint density at radius 3 is 2.85 bits per heavy atom. The van der Waals surface area contributed by atoms with Gasteiger partial charge in [-0.1, -0.05) is 12.1 Å². The number of anilines is 1. The fourth-order valence-corrected chi connectivity index (χ4v) is 2.32. The molecule has 2 N–H and O–H groups in total. The van der Waals surface area contributed by atoms with Crippen LogP contribution in [0.1, 0.15) is 6.42 Å². The molecule has 0 spiro atoms. The van der Waals surface area contributed by atoms with E-state index in [4.69, 9.17) is 9.84 Å². The Morgan fingerprint density at radius 2 is 2.20 bits per heavy atom. The summed E-state index contributed by atoms with van der Waals surface area (Å²) in [6.07, 6.45) is 0.595. The standard InChI is InChI=1S/C14H18N2O4/c1-20-12-5-3-2-4-11(12)15-13(17)9-16-7-6-10(8-16)14(18)19/h2-5,10H,6-9H2,1H3,(H,15,17)(H,18,19). The van der Waals surface area contributed by atoms with E-state index in [0.717, 1.165) is 0 Å². The first-order chi connectivity index (χ1) is 9.60. The van der Waals surface area contributed by atoms with E-state index in [0.29, 0.717) is 30.9 Å². The van der Waals surface area contributed by atoms with Crippen LogP contribution in [0.25, 0.3) is 0 Å². The number of carbonyl (C=O) groups excluding carboxylic acids is 1. The topological polar surface area (TPSA) is 78.9 Å². The molecular weight excluding hydrogens is 260 g/mol. The number of rotatable bonds is 5. The van der Waals surface area contributed by atoms with Crippen molar-refractivity contribution in [3.8, 4) is 5.75 Å². The number of carbonyl (C=O) groups is 2. The Kier molecular flexibility index (Phi) is 4.57. The summed E-state index contributed by atoms with van der Waals surface area (Å²) in [7, 11) is 1.54. The number of carboxylic acids is 1. The SMILES string of the molecule is COc1ccccc1NC(=O)CN1CCC(C(=O)O)C1. The molecule has 1 amide bonds. The third-order valence-electron chi connectivity index (χ3n) is 3.37. The number of nitrogens with zero attached hydrogens (tertiary/aromatic N) is 1. The van der Waals surface area contributed by atoms with Gasteiger partial charge in [0.2, 0.25) is 5.91 Å². The lowest BCUT2D eigenvalue weighted by Gasteiger charge is -2.15. The van der Waals surface area contributed by atoms with Gasteiger partial charge in [0.15, 0.2) is 0 Å². The minimum absolute atomic E-state index is 0.166. The van der Waals surface area contributed by atoms with Crippen molar-refractivity contribution in [1.29, 1.82) is 0 Å². The molecule has 1 fully saturated rings. The minimum atomic E-state index is -0.794. The van der Waals surface area contributed by atoms with Crippen LogP contribution in [0, 0.1) is 5.92 Å². The number of benzene rings is 1. The van der Waals surface area contributed by atoms with Crippen LogP contribution in [0.4, 0.5) is 5.69 Å². The largest absolute Gasteiger partial charge is 0.495 e. The number of carboxylic acid groups (broad SMARTS) is 1. The van der Waals surface area contributed by atoms with Gasteiger partial charge in [-0.05, 0) is 25.1 Å². The maximum absolute atomic E-state index is 12.0. The van der Waals surface area contributed by atoms with Crippen molar-refractivity contribution < 1.29 is 19.4 Å². The fourth-order valence-electron chi connectivity index (χ4n) is 2.32. The van der Waals surface area contributed by atoms with Crippen LogP contribution in [0.3, 0.4) is 0 Å². The monoisotopic (exact) mass is 278 g/mol. The molecular formula is C14H18N2O4. The number of hydrogen-bond donors (Lipinski definition) is 2. The first kappa shape index (κ1) is 14.3. The van der Waals surface area contributed by atoms with Gasteiger partial charge in [-0.2, -0.15) is 0 Å². The van der Waals surface area contributed by atoms with Crippen molar-refractivity contribution in [1.82, 2.24) is 4.90 Å². The summed E-state index contributed by atoms with van der Waals surface area (Å²) >= 11 is 0. The van der Waals surface area contributed by atoms with Crippen molar-refractivity contribution in [2.45, 2.75) is 6.42 Å². The van der Waals surface area contributed by atoms with Crippen molar-refractivity contribution in [3.05, 3.63) is 24.3 Å². The lowest BCUT2D eigenvalue weighted by atomic mass is 10.1. The van der Waals surface area contributed by atoms with Crippen LogP contribution in [0.5, 0.6) is 5.75 Å². The van der Waals surface area contributed by atoms with Crippen LogP contribution in [0.2, 0.25) is 0 Å². The quantitative estimate of drug-likeness (QED) is 0.841. The number of aliphatic carboxylic acids is 1. The number of hydrogen-bond acceptors (Lipinski definition) is 4. The average molecular weight is 278 g/mol. The smallest absolute Gasteiger partial charge is 0.307 e. The molecule has 0 radical (unpaired) electrons. The van der Waals surface area contributed by atoms with Gasteiger partial charge in [-0.25, -0.2) is 0 Å². The molecule has 0 saturated carbocycles. The summed E-state index contributed by atoms with van der Waals surface area (Å²) in [6.45, 7) is 1.26. The van der Waals surface area contributed by atoms with Crippen LogP contribution in [0.15, 0.2) is 24.3 Å². The van der Waals surface area contributed by atoms with Gasteiger partial charge < -0.3 is 15.2 Å². The molecule has 1 aromatic carbocycles. The van der Waals surface area contributed by atoms with E-state index < -0.39 is 5.97 Å². The Balaban J connectivity index is 1.89. The molecule has 0 aliphatic carbocycles. The lowest BCUT2D eigenvalue weighted by Crippen LogP contribution is -2.32. The highest BCUT2D eigenvalue weighted by molar-refractivity contribution is 5.93. The molecule has 1 unspecified atom stereocenters. The first-order valence-corrected chi connectivity index (χ1v) is 6.48. The van der Waals surface area contributed by atoms with Crippen LogP contribution in [-0.4, -0.2) is 48.6 Å². The van der Waals surface area contributed by atoms with E-state index in [1.807, 2.05) is 17.0 Å². The van der Waals surface area contributed by atoms with Gasteiger partial charge in [-0.15, -0.1) is 0 Å². The Morgan fingerprint density at radius 1 is 1.45 bits per heavy atom. The molecule has 2 rings (SSSR count). The van der Waals surface area contributed by atoms with E-state index in [1.165, 1.54) is 0 Å². The first-order valence-electron chi connectivity index (χ1n) is 6.48. The van der Waals surface area contributed by atoms with Gasteiger partial charge in [0.1, 0.15) is 5.75 Å². The lowest BCUT2D eigenvalue weighted by molar-refractivity contribution is -0.141. The number of likely N-dealkylation sites (tertiary alicyclic amines) is 1. The van der Waals surface area contributed by atoms with E-state index >= 15 is 0 Å². The Labute approximate surface area is 117 Å². The van der Waals surface area contributed by atoms with Gasteiger partial charge in [0.05, 0.1) is 25.3 Å². The fraction of sp³-hybridized carbons (Fsp3) is 0.429. The zero-order valence-electron chi connectivity index (χ0n) is 11.3. The van der Waals surface area contributed by atoms with Gasteiger partial charge >= 0.3 is 5.97 Å². The van der Waals surface area contributed by atoms with Crippen molar-refractivity contribution >= 4 is 17.6 Å². The number of para-hydroxylation sites is 2. The van der Waals surface area contributed by atoms with E-state index in [2.05, 4.69) is 5.32 Å². The van der Waals surface area contributed by atoms with Crippen molar-refractivity contribution in [2.24, 2.45) is 5.92 Å². The van der Waals surface area contributed by atoms with Crippen LogP contribution >= 0.6 is 0 Å². The Bertz CT molecular complexity index is 504. The summed E-state index contributed by atoms with van der Waals surface area (Å²) < 4.78 is 5.16. The summed E-state index contributed by atoms with van der Waals surface area (Å²) in [4.78, 5) is 24.7. The maximum atomic E-state index is 12.0. The molecule has 0 bridgehead atoms. The number of amides is 1. The maximum Gasteiger partial charge on any atom is 0.307 e.